The predicted octanol–water partition coefficient (Wildman–Crippen LogP) is 9.79. The highest BCUT2D eigenvalue weighted by Gasteiger charge is 2.31. The van der Waals surface area contributed by atoms with Crippen molar-refractivity contribution in [1.29, 1.82) is 0 Å². The summed E-state index contributed by atoms with van der Waals surface area (Å²) in [7, 11) is 5.47. The van der Waals surface area contributed by atoms with Crippen LogP contribution in [0.2, 0.25) is 0 Å². The monoisotopic (exact) mass is 713 g/mol. The van der Waals surface area contributed by atoms with E-state index in [9.17, 15) is 19.5 Å². The lowest BCUT2D eigenvalue weighted by molar-refractivity contribution is -0.887. The van der Waals surface area contributed by atoms with Crippen LogP contribution >= 0.6 is 0 Å². The van der Waals surface area contributed by atoms with E-state index in [1.165, 1.54) is 0 Å². The fourth-order valence-corrected chi connectivity index (χ4v) is 4.88. The summed E-state index contributed by atoms with van der Waals surface area (Å²) in [5.41, 5.74) is 0. The number of carboxylic acid groups (broad SMARTS) is 1. The van der Waals surface area contributed by atoms with E-state index < -0.39 is 24.1 Å². The molecule has 0 aliphatic rings. The number of likely N-dealkylation sites (N-methyl/N-ethyl adjacent to an activating group) is 1. The third kappa shape index (κ3) is 32.2. The molecule has 288 valence electrons. The van der Waals surface area contributed by atoms with Crippen molar-refractivity contribution in [3.8, 4) is 0 Å². The molecule has 0 bridgehead atoms. The number of allylic oxidation sites excluding steroid dienone is 14. The van der Waals surface area contributed by atoms with Gasteiger partial charge in [0.25, 0.3) is 0 Å². The first-order valence-electron chi connectivity index (χ1n) is 19.1. The topological polar surface area (TPSA) is 99.1 Å². The van der Waals surface area contributed by atoms with Gasteiger partial charge in [-0.15, -0.1) is 0 Å². The van der Waals surface area contributed by atoms with Gasteiger partial charge in [-0.25, -0.2) is 4.79 Å². The molecular formula is C43H70NO7+. The van der Waals surface area contributed by atoms with Gasteiger partial charge in [0.15, 0.2) is 12.1 Å². The highest BCUT2D eigenvalue weighted by Crippen LogP contribution is 2.11. The van der Waals surface area contributed by atoms with Crippen LogP contribution in [0.1, 0.15) is 117 Å². The van der Waals surface area contributed by atoms with E-state index in [0.717, 1.165) is 77.0 Å². The first-order chi connectivity index (χ1) is 24.6. The van der Waals surface area contributed by atoms with Crippen LogP contribution in [-0.4, -0.2) is 80.6 Å². The van der Waals surface area contributed by atoms with Crippen LogP contribution in [0.25, 0.3) is 0 Å². The van der Waals surface area contributed by atoms with Gasteiger partial charge in [0, 0.05) is 19.3 Å². The predicted molar refractivity (Wildman–Crippen MR) is 210 cm³/mol. The van der Waals surface area contributed by atoms with E-state index in [1.54, 1.807) is 0 Å². The Hall–Kier alpha value is -3.49. The summed E-state index contributed by atoms with van der Waals surface area (Å²) in [6.07, 6.45) is 42.4. The van der Waals surface area contributed by atoms with Crippen molar-refractivity contribution in [1.82, 2.24) is 0 Å². The molecule has 51 heavy (non-hydrogen) atoms. The average Bonchev–Trinajstić information content (AvgIpc) is 3.08. The van der Waals surface area contributed by atoms with Crippen molar-refractivity contribution in [2.75, 3.05) is 41.0 Å². The molecule has 2 unspecified atom stereocenters. The minimum absolute atomic E-state index is 0.0238. The number of ether oxygens (including phenoxy) is 3. The van der Waals surface area contributed by atoms with Gasteiger partial charge in [0.1, 0.15) is 6.61 Å². The number of hydrogen-bond donors (Lipinski definition) is 1. The van der Waals surface area contributed by atoms with Gasteiger partial charge in [-0.05, 0) is 70.6 Å². The molecule has 0 aromatic heterocycles. The molecule has 0 amide bonds. The number of rotatable bonds is 32. The van der Waals surface area contributed by atoms with Crippen LogP contribution in [-0.2, 0) is 28.6 Å². The van der Waals surface area contributed by atoms with Gasteiger partial charge in [-0.1, -0.05) is 112 Å². The summed E-state index contributed by atoms with van der Waals surface area (Å²) in [5, 5.41) is 9.56. The third-order valence-electron chi connectivity index (χ3n) is 7.80. The van der Waals surface area contributed by atoms with Crippen molar-refractivity contribution >= 4 is 17.9 Å². The number of nitrogens with zero attached hydrogens (tertiary/aromatic N) is 1. The van der Waals surface area contributed by atoms with Crippen LogP contribution in [0.3, 0.4) is 0 Å². The zero-order chi connectivity index (χ0) is 37.8. The second-order valence-electron chi connectivity index (χ2n) is 13.4. The number of carbonyl (C=O) groups excluding carboxylic acids is 2. The van der Waals surface area contributed by atoms with E-state index in [-0.39, 0.29) is 36.7 Å². The fourth-order valence-electron chi connectivity index (χ4n) is 4.88. The summed E-state index contributed by atoms with van der Waals surface area (Å²) >= 11 is 0. The van der Waals surface area contributed by atoms with Crippen molar-refractivity contribution in [3.05, 3.63) is 85.1 Å². The molecule has 0 saturated heterocycles. The number of esters is 2. The summed E-state index contributed by atoms with van der Waals surface area (Å²) < 4.78 is 17.0. The summed E-state index contributed by atoms with van der Waals surface area (Å²) in [6.45, 7) is 4.34. The molecule has 0 heterocycles. The van der Waals surface area contributed by atoms with Gasteiger partial charge < -0.3 is 23.8 Å². The van der Waals surface area contributed by atoms with E-state index in [0.29, 0.717) is 19.3 Å². The number of carbonyl (C=O) groups is 3. The molecule has 1 N–H and O–H groups in total. The van der Waals surface area contributed by atoms with Gasteiger partial charge in [-0.2, -0.15) is 0 Å². The maximum absolute atomic E-state index is 12.5. The molecule has 0 fully saturated rings. The summed E-state index contributed by atoms with van der Waals surface area (Å²) in [5.74, 6) is -1.61. The van der Waals surface area contributed by atoms with Crippen molar-refractivity contribution < 1.29 is 38.2 Å². The number of quaternary nitrogens is 1. The molecule has 0 aliphatic heterocycles. The van der Waals surface area contributed by atoms with Gasteiger partial charge >= 0.3 is 17.9 Å². The van der Waals surface area contributed by atoms with Crippen LogP contribution in [0.4, 0.5) is 0 Å². The number of aliphatic carboxylic acids is 1. The number of hydrogen-bond acceptors (Lipinski definition) is 6. The Morgan fingerprint density at radius 3 is 1.59 bits per heavy atom. The van der Waals surface area contributed by atoms with E-state index in [1.807, 2.05) is 33.3 Å². The van der Waals surface area contributed by atoms with Gasteiger partial charge in [-0.3, -0.25) is 9.59 Å². The Kier molecular flexibility index (Phi) is 31.3. The minimum Gasteiger partial charge on any atom is -0.477 e. The first-order valence-corrected chi connectivity index (χ1v) is 19.1. The molecule has 0 rings (SSSR count). The second-order valence-corrected chi connectivity index (χ2v) is 13.4. The SMILES string of the molecule is CC/C=C/C/C=C/C/C=C/C/C=C/C/C=C/CCCCCCC(=O)OCC(COCCC(C(=O)O)[N+](C)(C)C)OC(=O)CC/C=C/C/C=C/CC. The highest BCUT2D eigenvalue weighted by molar-refractivity contribution is 5.72. The lowest BCUT2D eigenvalue weighted by Gasteiger charge is -2.31. The normalized spacial score (nSPS) is 14.0. The smallest absolute Gasteiger partial charge is 0.362 e. The van der Waals surface area contributed by atoms with Gasteiger partial charge in [0.2, 0.25) is 0 Å². The zero-order valence-electron chi connectivity index (χ0n) is 32.5. The number of unbranched alkanes of at least 4 members (excludes halogenated alkanes) is 4. The Bertz CT molecular complexity index is 1110. The Labute approximate surface area is 310 Å². The summed E-state index contributed by atoms with van der Waals surface area (Å²) in [6, 6.07) is -0.630. The molecule has 0 spiro atoms. The molecule has 0 aromatic rings. The molecular weight excluding hydrogens is 642 g/mol. The van der Waals surface area contributed by atoms with E-state index >= 15 is 0 Å². The number of carboxylic acids is 1. The van der Waals surface area contributed by atoms with Crippen LogP contribution < -0.4 is 0 Å². The maximum atomic E-state index is 12.5. The van der Waals surface area contributed by atoms with Crippen LogP contribution in [0.5, 0.6) is 0 Å². The standard InChI is InChI=1S/C43H69NO7/c1-6-8-10-12-14-15-16-17-18-19-20-21-22-23-24-25-26-28-29-31-33-41(45)50-38-39(37-49-36-35-40(43(47)48)44(3,4)5)51-42(46)34-32-30-27-13-11-9-7-2/h8-11,14-15,17-18,20-21,23-24,27,30,39-40H,6-7,12-13,16,19,22,25-26,28-29,31-38H2,1-5H3/p+1/b10-8+,11-9+,15-14+,18-17+,21-20+,24-23+,30-27+. The summed E-state index contributed by atoms with van der Waals surface area (Å²) in [4.78, 5) is 36.6. The fraction of sp³-hybridized carbons (Fsp3) is 0.605. The largest absolute Gasteiger partial charge is 0.477 e. The van der Waals surface area contributed by atoms with Crippen LogP contribution in [0.15, 0.2) is 85.1 Å². The molecule has 0 saturated carbocycles. The van der Waals surface area contributed by atoms with Crippen molar-refractivity contribution in [2.24, 2.45) is 0 Å². The molecule has 8 heteroatoms. The van der Waals surface area contributed by atoms with Crippen molar-refractivity contribution in [3.63, 3.8) is 0 Å². The van der Waals surface area contributed by atoms with Crippen LogP contribution in [0, 0.1) is 0 Å². The van der Waals surface area contributed by atoms with E-state index in [4.69, 9.17) is 14.2 Å². The molecule has 0 aromatic carbocycles. The third-order valence-corrected chi connectivity index (χ3v) is 7.80. The Morgan fingerprint density at radius 2 is 1.08 bits per heavy atom. The Balaban J connectivity index is 4.38. The maximum Gasteiger partial charge on any atom is 0.362 e. The Morgan fingerprint density at radius 1 is 0.588 bits per heavy atom. The quantitative estimate of drug-likeness (QED) is 0.0321. The zero-order valence-corrected chi connectivity index (χ0v) is 32.5. The highest BCUT2D eigenvalue weighted by atomic mass is 16.6. The average molecular weight is 713 g/mol. The lowest BCUT2D eigenvalue weighted by atomic mass is 10.1. The van der Waals surface area contributed by atoms with E-state index in [2.05, 4.69) is 86.8 Å². The lowest BCUT2D eigenvalue weighted by Crippen LogP contribution is -2.50. The second kappa shape index (κ2) is 33.6. The molecule has 2 atom stereocenters. The first kappa shape index (κ1) is 47.5. The van der Waals surface area contributed by atoms with Crippen molar-refractivity contribution in [2.45, 2.75) is 129 Å². The minimum atomic E-state index is -0.893. The van der Waals surface area contributed by atoms with Gasteiger partial charge in [0.05, 0.1) is 34.4 Å². The molecule has 0 radical (unpaired) electrons. The molecule has 0 aliphatic carbocycles. The molecule has 8 nitrogen and oxygen atoms in total.